The summed E-state index contributed by atoms with van der Waals surface area (Å²) in [6, 6.07) is 14.9. The number of aromatic nitrogens is 1. The lowest BCUT2D eigenvalue weighted by Crippen LogP contribution is -2.16. The molecule has 0 fully saturated rings. The molecule has 7 nitrogen and oxygen atoms in total. The van der Waals surface area contributed by atoms with Crippen molar-refractivity contribution >= 4 is 33.8 Å². The minimum atomic E-state index is -0.600. The lowest BCUT2D eigenvalue weighted by molar-refractivity contribution is 0.415. The van der Waals surface area contributed by atoms with E-state index in [1.165, 1.54) is 6.21 Å². The summed E-state index contributed by atoms with van der Waals surface area (Å²) in [5.41, 5.74) is 1.65. The fourth-order valence-corrected chi connectivity index (χ4v) is 3.64. The second kappa shape index (κ2) is 9.51. The summed E-state index contributed by atoms with van der Waals surface area (Å²) in [7, 11) is 1.65. The second-order valence-corrected chi connectivity index (χ2v) is 7.62. The normalized spacial score (nSPS) is 12.4. The van der Waals surface area contributed by atoms with Gasteiger partial charge in [-0.1, -0.05) is 18.2 Å². The Morgan fingerprint density at radius 2 is 2.09 bits per heavy atom. The van der Waals surface area contributed by atoms with Crippen LogP contribution < -0.4 is 15.7 Å². The smallest absolute Gasteiger partial charge is 0.348 e. The molecule has 1 atom stereocenters. The average molecular weight is 431 g/mol. The molecule has 4 rings (SSSR count). The number of ether oxygens (including phenoxy) is 1. The largest absolute Gasteiger partial charge is 0.506 e. The number of nitrogens with one attached hydrogen (secondary N) is 1. The van der Waals surface area contributed by atoms with Gasteiger partial charge in [0.1, 0.15) is 22.6 Å². The Morgan fingerprint density at radius 3 is 2.94 bits per heavy atom. The number of anilines is 1. The summed E-state index contributed by atoms with van der Waals surface area (Å²) in [6.45, 7) is 2.62. The van der Waals surface area contributed by atoms with E-state index in [0.29, 0.717) is 17.5 Å². The van der Waals surface area contributed by atoms with Crippen LogP contribution in [0.1, 0.15) is 25.3 Å². The van der Waals surface area contributed by atoms with Crippen molar-refractivity contribution in [2.45, 2.75) is 25.8 Å². The average Bonchev–Trinajstić information content (AvgIpc) is 2.80. The maximum absolute atomic E-state index is 12.1. The van der Waals surface area contributed by atoms with E-state index in [9.17, 15) is 9.90 Å². The topological polar surface area (TPSA) is 97.0 Å². The number of fused-ring (bicyclic) bond motifs is 2. The van der Waals surface area contributed by atoms with Crippen molar-refractivity contribution in [1.82, 2.24) is 4.98 Å². The van der Waals surface area contributed by atoms with E-state index in [4.69, 9.17) is 9.15 Å². The van der Waals surface area contributed by atoms with Crippen LogP contribution in [0.5, 0.6) is 11.5 Å². The van der Waals surface area contributed by atoms with Gasteiger partial charge in [0.25, 0.3) is 0 Å². The first kappa shape index (κ1) is 21.4. The predicted octanol–water partition coefficient (Wildman–Crippen LogP) is 4.76. The van der Waals surface area contributed by atoms with Crippen molar-refractivity contribution in [2.24, 2.45) is 4.99 Å². The van der Waals surface area contributed by atoms with Gasteiger partial charge in [0, 0.05) is 36.5 Å². The van der Waals surface area contributed by atoms with E-state index in [1.807, 2.05) is 24.3 Å². The summed E-state index contributed by atoms with van der Waals surface area (Å²) in [5.74, 6) is 0.673. The zero-order valence-electron chi connectivity index (χ0n) is 18.0. The Bertz CT molecular complexity index is 1330. The Balaban J connectivity index is 1.38. The monoisotopic (exact) mass is 431 g/mol. The van der Waals surface area contributed by atoms with Gasteiger partial charge in [0.2, 0.25) is 0 Å². The third-order valence-electron chi connectivity index (χ3n) is 5.28. The first-order valence-corrected chi connectivity index (χ1v) is 10.5. The number of benzene rings is 2. The van der Waals surface area contributed by atoms with Crippen molar-refractivity contribution in [1.29, 1.82) is 0 Å². The number of para-hydroxylation sites is 1. The summed E-state index contributed by atoms with van der Waals surface area (Å²) >= 11 is 0. The highest BCUT2D eigenvalue weighted by Crippen LogP contribution is 2.28. The van der Waals surface area contributed by atoms with Crippen molar-refractivity contribution < 1.29 is 14.3 Å². The molecule has 2 aromatic heterocycles. The number of aromatic hydroxyl groups is 1. The number of hydrogen-bond acceptors (Lipinski definition) is 7. The van der Waals surface area contributed by atoms with Crippen LogP contribution in [-0.4, -0.2) is 36.0 Å². The molecule has 0 bridgehead atoms. The molecular formula is C25H25N3O4. The molecule has 4 aromatic rings. The van der Waals surface area contributed by atoms with E-state index in [1.54, 1.807) is 37.6 Å². The van der Waals surface area contributed by atoms with E-state index in [0.717, 1.165) is 35.2 Å². The first-order chi connectivity index (χ1) is 15.6. The molecule has 2 aromatic carbocycles. The summed E-state index contributed by atoms with van der Waals surface area (Å²) in [6.07, 6.45) is 4.84. The highest BCUT2D eigenvalue weighted by Gasteiger charge is 2.12. The lowest BCUT2D eigenvalue weighted by atomic mass is 10.1. The minimum absolute atomic E-state index is 0.0730. The van der Waals surface area contributed by atoms with Gasteiger partial charge < -0.3 is 19.6 Å². The van der Waals surface area contributed by atoms with Crippen LogP contribution in [0.25, 0.3) is 21.9 Å². The molecule has 7 heteroatoms. The Kier molecular flexibility index (Phi) is 6.35. The molecule has 0 saturated heterocycles. The fraction of sp³-hybridized carbons (Fsp3) is 0.240. The minimum Gasteiger partial charge on any atom is -0.506 e. The number of methoxy groups -OCH3 is 1. The van der Waals surface area contributed by atoms with Crippen LogP contribution in [0.4, 0.5) is 5.69 Å². The molecule has 0 radical (unpaired) electrons. The van der Waals surface area contributed by atoms with Crippen LogP contribution in [0, 0.1) is 0 Å². The molecule has 0 aliphatic heterocycles. The lowest BCUT2D eigenvalue weighted by Gasteiger charge is -2.17. The molecule has 2 heterocycles. The van der Waals surface area contributed by atoms with E-state index < -0.39 is 5.63 Å². The highest BCUT2D eigenvalue weighted by atomic mass is 16.5. The fourth-order valence-electron chi connectivity index (χ4n) is 3.64. The number of pyridine rings is 1. The van der Waals surface area contributed by atoms with Crippen LogP contribution in [0.2, 0.25) is 0 Å². The number of hydrogen-bond donors (Lipinski definition) is 2. The van der Waals surface area contributed by atoms with Gasteiger partial charge in [-0.25, -0.2) is 4.79 Å². The van der Waals surface area contributed by atoms with Gasteiger partial charge in [-0.3, -0.25) is 9.98 Å². The molecule has 0 amide bonds. The molecular weight excluding hydrogens is 406 g/mol. The van der Waals surface area contributed by atoms with Gasteiger partial charge in [-0.2, -0.15) is 0 Å². The van der Waals surface area contributed by atoms with Crippen molar-refractivity contribution in [2.75, 3.05) is 19.0 Å². The van der Waals surface area contributed by atoms with E-state index >= 15 is 0 Å². The highest BCUT2D eigenvalue weighted by molar-refractivity contribution is 5.93. The predicted molar refractivity (Wildman–Crippen MR) is 127 cm³/mol. The van der Waals surface area contributed by atoms with Crippen LogP contribution >= 0.6 is 0 Å². The quantitative estimate of drug-likeness (QED) is 0.237. The summed E-state index contributed by atoms with van der Waals surface area (Å²) < 4.78 is 10.7. The van der Waals surface area contributed by atoms with Gasteiger partial charge >= 0.3 is 5.63 Å². The van der Waals surface area contributed by atoms with Crippen LogP contribution in [0.3, 0.4) is 0 Å². The van der Waals surface area contributed by atoms with Gasteiger partial charge in [0.15, 0.2) is 0 Å². The Hall–Kier alpha value is -3.87. The van der Waals surface area contributed by atoms with Gasteiger partial charge in [-0.05, 0) is 44.0 Å². The summed E-state index contributed by atoms with van der Waals surface area (Å²) in [5, 5.41) is 15.4. The first-order valence-electron chi connectivity index (χ1n) is 10.5. The van der Waals surface area contributed by atoms with E-state index in [2.05, 4.69) is 22.2 Å². The summed E-state index contributed by atoms with van der Waals surface area (Å²) in [4.78, 5) is 21.0. The maximum Gasteiger partial charge on any atom is 0.348 e. The molecule has 0 saturated carbocycles. The number of aliphatic imine (C=N–C) groups is 1. The van der Waals surface area contributed by atoms with Crippen molar-refractivity contribution in [3.63, 3.8) is 0 Å². The number of nitrogens with zero attached hydrogens (tertiary/aromatic N) is 2. The van der Waals surface area contributed by atoms with Gasteiger partial charge in [-0.15, -0.1) is 0 Å². The molecule has 0 spiro atoms. The maximum atomic E-state index is 12.1. The molecule has 32 heavy (non-hydrogen) atoms. The van der Waals surface area contributed by atoms with Crippen molar-refractivity contribution in [3.05, 3.63) is 70.7 Å². The Morgan fingerprint density at radius 1 is 1.25 bits per heavy atom. The number of rotatable bonds is 8. The molecule has 2 N–H and O–H groups in total. The zero-order valence-corrected chi connectivity index (χ0v) is 18.0. The van der Waals surface area contributed by atoms with Crippen molar-refractivity contribution in [3.8, 4) is 11.5 Å². The van der Waals surface area contributed by atoms with Crippen LogP contribution in [-0.2, 0) is 0 Å². The van der Waals surface area contributed by atoms with E-state index in [-0.39, 0.29) is 17.4 Å². The SMILES string of the molecule is COc1cc(NC(C)CCCN=Cc2c(O)c3ccccc3oc2=O)c2ncccc2c1. The zero-order chi connectivity index (χ0) is 22.5. The van der Waals surface area contributed by atoms with Crippen LogP contribution in [0.15, 0.2) is 68.9 Å². The third-order valence-corrected chi connectivity index (χ3v) is 5.28. The Labute approximate surface area is 185 Å². The molecule has 0 aliphatic carbocycles. The molecule has 1 unspecified atom stereocenters. The third kappa shape index (κ3) is 4.56. The molecule has 164 valence electrons. The standard InChI is InChI=1S/C25H25N3O4/c1-16(28-21-14-18(31-2)13-17-8-6-12-27-23(17)21)7-5-11-26-15-20-24(29)19-9-3-4-10-22(19)32-25(20)30/h3-4,6,8-10,12-16,28-29H,5,7,11H2,1-2H3. The molecule has 0 aliphatic rings. The second-order valence-electron chi connectivity index (χ2n) is 7.62. The van der Waals surface area contributed by atoms with Gasteiger partial charge in [0.05, 0.1) is 23.7 Å².